The molecule has 0 radical (unpaired) electrons. The lowest BCUT2D eigenvalue weighted by Gasteiger charge is -2.14. The molecule has 8 nitrogen and oxygen atoms in total. The lowest BCUT2D eigenvalue weighted by molar-refractivity contribution is 0.329. The fraction of sp³-hybridized carbons (Fsp3) is 0.0789. The molecule has 226 valence electrons. The lowest BCUT2D eigenvalue weighted by Crippen LogP contribution is -1.99. The molecule has 0 unspecified atom stereocenters. The number of allylic oxidation sites excluding steroid dienone is 7. The minimum absolute atomic E-state index is 0.153. The van der Waals surface area contributed by atoms with Crippen LogP contribution < -0.4 is 0 Å². The van der Waals surface area contributed by atoms with Crippen molar-refractivity contribution in [2.45, 2.75) is 19.3 Å². The van der Waals surface area contributed by atoms with E-state index >= 15 is 0 Å². The Morgan fingerprint density at radius 3 is 2.17 bits per heavy atom. The fourth-order valence-electron chi connectivity index (χ4n) is 5.78. The van der Waals surface area contributed by atoms with E-state index in [1.54, 1.807) is 12.4 Å². The Bertz CT molecular complexity index is 2100. The van der Waals surface area contributed by atoms with Gasteiger partial charge in [0, 0.05) is 23.5 Å². The van der Waals surface area contributed by atoms with Crippen LogP contribution in [0.1, 0.15) is 35.2 Å². The van der Waals surface area contributed by atoms with Crippen molar-refractivity contribution in [3.8, 4) is 62.5 Å². The molecule has 0 fully saturated rings. The van der Waals surface area contributed by atoms with Gasteiger partial charge in [0.2, 0.25) is 17.2 Å². The lowest BCUT2D eigenvalue weighted by atomic mass is 9.93. The number of nitrogens with zero attached hydrogens (tertiary/aromatic N) is 3. The predicted octanol–water partition coefficient (Wildman–Crippen LogP) is 7.79. The Kier molecular flexibility index (Phi) is 7.30. The van der Waals surface area contributed by atoms with Crippen LogP contribution in [0.15, 0.2) is 103 Å². The molecule has 3 aromatic carbocycles. The zero-order valence-corrected chi connectivity index (χ0v) is 24.6. The highest BCUT2D eigenvalue weighted by molar-refractivity contribution is 5.86. The van der Waals surface area contributed by atoms with E-state index < -0.39 is 34.3 Å². The van der Waals surface area contributed by atoms with Crippen LogP contribution in [0, 0.1) is 0 Å². The molecule has 2 heterocycles. The van der Waals surface area contributed by atoms with Gasteiger partial charge in [0.1, 0.15) is 5.56 Å². The molecular weight excluding hydrogens is 578 g/mol. The van der Waals surface area contributed by atoms with Crippen molar-refractivity contribution in [3.05, 3.63) is 126 Å². The fourth-order valence-corrected chi connectivity index (χ4v) is 5.78. The summed E-state index contributed by atoms with van der Waals surface area (Å²) in [6.07, 6.45) is 18.6. The maximum absolute atomic E-state index is 10.8. The van der Waals surface area contributed by atoms with Gasteiger partial charge >= 0.3 is 0 Å². The summed E-state index contributed by atoms with van der Waals surface area (Å²) in [5.41, 5.74) is 8.64. The Morgan fingerprint density at radius 1 is 0.609 bits per heavy atom. The number of hydrogen-bond acceptors (Lipinski definition) is 8. The van der Waals surface area contributed by atoms with Crippen LogP contribution >= 0.6 is 0 Å². The van der Waals surface area contributed by atoms with Gasteiger partial charge in [-0.05, 0) is 76.9 Å². The van der Waals surface area contributed by atoms with E-state index in [-0.39, 0.29) is 5.82 Å². The molecule has 0 atom stereocenters. The number of hydrogen-bond donors (Lipinski definition) is 5. The molecule has 0 saturated heterocycles. The first-order valence-electron chi connectivity index (χ1n) is 14.8. The largest absolute Gasteiger partial charge is 0.504 e. The van der Waals surface area contributed by atoms with Gasteiger partial charge in [0.15, 0.2) is 17.3 Å². The van der Waals surface area contributed by atoms with Crippen LogP contribution in [0.4, 0.5) is 0 Å². The SMILES string of the molecule is Oc1c(O)c(O)c(-c2nc(C3=CC=C(c4ccc5c(c4)C=CCC5)C=CC3)cc(-c3cccc(-c4cccnc4)c3)n2)c(O)c1O. The molecule has 46 heavy (non-hydrogen) atoms. The van der Waals surface area contributed by atoms with Gasteiger partial charge in [0.05, 0.1) is 11.4 Å². The minimum Gasteiger partial charge on any atom is -0.504 e. The number of aromatic nitrogens is 3. The van der Waals surface area contributed by atoms with Crippen LogP contribution in [-0.4, -0.2) is 40.5 Å². The Balaban J connectivity index is 1.37. The molecule has 0 saturated carbocycles. The first kappa shape index (κ1) is 28.6. The third kappa shape index (κ3) is 5.26. The molecule has 5 aromatic rings. The Morgan fingerprint density at radius 2 is 1.37 bits per heavy atom. The summed E-state index contributed by atoms with van der Waals surface area (Å²) in [4.78, 5) is 13.5. The van der Waals surface area contributed by atoms with Crippen LogP contribution in [-0.2, 0) is 6.42 Å². The van der Waals surface area contributed by atoms with Gasteiger partial charge in [-0.15, -0.1) is 0 Å². The van der Waals surface area contributed by atoms with Crippen molar-refractivity contribution in [3.63, 3.8) is 0 Å². The van der Waals surface area contributed by atoms with Gasteiger partial charge in [0.25, 0.3) is 0 Å². The number of aromatic hydroxyl groups is 5. The van der Waals surface area contributed by atoms with Crippen molar-refractivity contribution < 1.29 is 25.5 Å². The molecule has 2 aliphatic rings. The van der Waals surface area contributed by atoms with Crippen molar-refractivity contribution in [2.75, 3.05) is 0 Å². The van der Waals surface area contributed by atoms with E-state index in [2.05, 4.69) is 57.5 Å². The van der Waals surface area contributed by atoms with Crippen molar-refractivity contribution >= 4 is 17.2 Å². The summed E-state index contributed by atoms with van der Waals surface area (Å²) in [6, 6.07) is 19.8. The third-order valence-electron chi connectivity index (χ3n) is 8.26. The van der Waals surface area contributed by atoms with E-state index in [1.807, 2.05) is 54.6 Å². The molecule has 7 rings (SSSR count). The number of rotatable bonds is 5. The Labute approximate surface area is 265 Å². The normalized spacial score (nSPS) is 13.9. The van der Waals surface area contributed by atoms with Crippen molar-refractivity contribution in [1.29, 1.82) is 0 Å². The maximum atomic E-state index is 10.8. The maximum Gasteiger partial charge on any atom is 0.208 e. The number of fused-ring (bicyclic) bond motifs is 1. The topological polar surface area (TPSA) is 140 Å². The van der Waals surface area contributed by atoms with Gasteiger partial charge in [-0.1, -0.05) is 72.9 Å². The van der Waals surface area contributed by atoms with Crippen LogP contribution in [0.25, 0.3) is 51.0 Å². The smallest absolute Gasteiger partial charge is 0.208 e. The zero-order chi connectivity index (χ0) is 31.8. The summed E-state index contributed by atoms with van der Waals surface area (Å²) in [6.45, 7) is 0. The molecule has 2 aliphatic carbocycles. The summed E-state index contributed by atoms with van der Waals surface area (Å²) >= 11 is 0. The van der Waals surface area contributed by atoms with E-state index in [9.17, 15) is 25.5 Å². The van der Waals surface area contributed by atoms with E-state index in [4.69, 9.17) is 0 Å². The third-order valence-corrected chi connectivity index (χ3v) is 8.26. The van der Waals surface area contributed by atoms with Gasteiger partial charge in [-0.3, -0.25) is 4.98 Å². The second kappa shape index (κ2) is 11.7. The van der Waals surface area contributed by atoms with Crippen molar-refractivity contribution in [2.24, 2.45) is 0 Å². The van der Waals surface area contributed by atoms with Crippen LogP contribution in [0.5, 0.6) is 28.7 Å². The van der Waals surface area contributed by atoms with Crippen molar-refractivity contribution in [1.82, 2.24) is 15.0 Å². The first-order valence-corrected chi connectivity index (χ1v) is 14.8. The molecule has 0 amide bonds. The van der Waals surface area contributed by atoms with E-state index in [1.165, 1.54) is 11.1 Å². The molecule has 5 N–H and O–H groups in total. The summed E-state index contributed by atoms with van der Waals surface area (Å²) in [5.74, 6) is -4.92. The average Bonchev–Trinajstić information content (AvgIpc) is 3.37. The second-order valence-corrected chi connectivity index (χ2v) is 11.2. The standard InChI is InChI=1S/C38H29N3O5/c42-33-32(34(43)36(45)37(46)35(33)44)38-40-30(20-31(41-38)28-11-4-10-26(19-28)29-12-5-17-39-21-29)24-9-3-8-23(13-15-24)27-16-14-22-6-1-2-7-25(22)18-27/h2-5,7-8,10-21,42-46H,1,6,9H2. The first-order chi connectivity index (χ1) is 22.4. The monoisotopic (exact) mass is 607 g/mol. The number of phenolic OH excluding ortho intramolecular Hbond substituents is 5. The Hall–Kier alpha value is -6.15. The minimum atomic E-state index is -1.05. The number of aryl methyl sites for hydroxylation is 1. The summed E-state index contributed by atoms with van der Waals surface area (Å²) < 4.78 is 0. The summed E-state index contributed by atoms with van der Waals surface area (Å²) in [5, 5.41) is 52.1. The highest BCUT2D eigenvalue weighted by atomic mass is 16.4. The summed E-state index contributed by atoms with van der Waals surface area (Å²) in [7, 11) is 0. The molecule has 0 bridgehead atoms. The molecular formula is C38H29N3O5. The van der Waals surface area contributed by atoms with Crippen LogP contribution in [0.2, 0.25) is 0 Å². The highest BCUT2D eigenvalue weighted by Gasteiger charge is 2.27. The predicted molar refractivity (Wildman–Crippen MR) is 178 cm³/mol. The molecule has 0 spiro atoms. The quantitative estimate of drug-likeness (QED) is 0.101. The van der Waals surface area contributed by atoms with Gasteiger partial charge < -0.3 is 25.5 Å². The molecule has 2 aromatic heterocycles. The highest BCUT2D eigenvalue weighted by Crippen LogP contribution is 2.54. The van der Waals surface area contributed by atoms with Gasteiger partial charge in [-0.2, -0.15) is 0 Å². The number of benzene rings is 3. The molecule has 8 heteroatoms. The molecule has 0 aliphatic heterocycles. The zero-order valence-electron chi connectivity index (χ0n) is 24.6. The average molecular weight is 608 g/mol. The number of pyridine rings is 1. The van der Waals surface area contributed by atoms with Gasteiger partial charge in [-0.25, -0.2) is 9.97 Å². The second-order valence-electron chi connectivity index (χ2n) is 11.2. The van der Waals surface area contributed by atoms with E-state index in [0.717, 1.165) is 46.2 Å². The number of phenols is 5. The van der Waals surface area contributed by atoms with E-state index in [0.29, 0.717) is 17.8 Å². The van der Waals surface area contributed by atoms with Crippen LogP contribution in [0.3, 0.4) is 0 Å².